The summed E-state index contributed by atoms with van der Waals surface area (Å²) < 4.78 is 64.7. The van der Waals surface area contributed by atoms with Crippen molar-refractivity contribution in [2.75, 3.05) is 37.5 Å². The van der Waals surface area contributed by atoms with Gasteiger partial charge in [0.2, 0.25) is 5.91 Å². The molecule has 3 N–H and O–H groups in total. The van der Waals surface area contributed by atoms with Crippen molar-refractivity contribution in [2.24, 2.45) is 4.99 Å². The first-order valence-electron chi connectivity index (χ1n) is 14.6. The number of piperidine rings is 1. The number of hydrogen-bond donors (Lipinski definition) is 3. The third-order valence-electron chi connectivity index (χ3n) is 6.84. The van der Waals surface area contributed by atoms with Gasteiger partial charge in [0, 0.05) is 42.6 Å². The van der Waals surface area contributed by atoms with Crippen molar-refractivity contribution >= 4 is 29.1 Å². The largest absolute Gasteiger partial charge is 0.492 e. The van der Waals surface area contributed by atoms with Crippen LogP contribution >= 0.6 is 0 Å². The highest BCUT2D eigenvalue weighted by Crippen LogP contribution is 2.39. The Morgan fingerprint density at radius 1 is 1.16 bits per heavy atom. The maximum atomic E-state index is 15.5. The molecule has 0 aromatic heterocycles. The van der Waals surface area contributed by atoms with Gasteiger partial charge in [0.25, 0.3) is 6.02 Å². The van der Waals surface area contributed by atoms with Gasteiger partial charge < -0.3 is 25.0 Å². The maximum Gasteiger partial charge on any atom is 0.482 e. The van der Waals surface area contributed by atoms with Crippen LogP contribution in [-0.4, -0.2) is 51.5 Å². The summed E-state index contributed by atoms with van der Waals surface area (Å²) in [6.07, 6.45) is 0.220. The molecule has 0 saturated carbocycles. The summed E-state index contributed by atoms with van der Waals surface area (Å²) in [5.41, 5.74) is 2.00. The van der Waals surface area contributed by atoms with E-state index in [4.69, 9.17) is 9.47 Å². The predicted molar refractivity (Wildman–Crippen MR) is 166 cm³/mol. The number of carbonyl (C=O) groups is 1. The van der Waals surface area contributed by atoms with E-state index >= 15 is 4.39 Å². The lowest BCUT2D eigenvalue weighted by Crippen LogP contribution is -2.59. The Kier molecular flexibility index (Phi) is 12.1. The number of anilines is 2. The van der Waals surface area contributed by atoms with Gasteiger partial charge in [-0.2, -0.15) is 13.2 Å². The molecule has 2 fully saturated rings. The number of amides is 1. The maximum absolute atomic E-state index is 15.5. The Morgan fingerprint density at radius 3 is 2.36 bits per heavy atom. The number of nitrogens with one attached hydrogen (secondary N) is 3. The molecule has 2 aliphatic rings. The van der Waals surface area contributed by atoms with E-state index in [1.54, 1.807) is 19.2 Å². The zero-order valence-electron chi connectivity index (χ0n) is 25.8. The number of aliphatic imine (C=N–C) groups is 1. The number of benzene rings is 2. The van der Waals surface area contributed by atoms with Gasteiger partial charge in [-0.05, 0) is 55.7 Å². The van der Waals surface area contributed by atoms with Crippen LogP contribution in [0.3, 0.4) is 0 Å². The summed E-state index contributed by atoms with van der Waals surface area (Å²) in [7, 11) is 2.96. The molecule has 2 heterocycles. The molecular formula is C32H41F4N5O3. The van der Waals surface area contributed by atoms with E-state index in [9.17, 15) is 18.0 Å². The predicted octanol–water partition coefficient (Wildman–Crippen LogP) is 6.92. The van der Waals surface area contributed by atoms with E-state index in [0.29, 0.717) is 55.1 Å². The topological polar surface area (TPSA) is 87.2 Å². The molecule has 0 bridgehead atoms. The average Bonchev–Trinajstić information content (AvgIpc) is 2.94. The number of halogens is 4. The fraction of sp³-hybridized carbons (Fsp3) is 0.438. The molecule has 2 aromatic carbocycles. The molecule has 240 valence electrons. The molecule has 0 spiro atoms. The molecule has 12 heteroatoms. The molecule has 2 saturated heterocycles. The normalized spacial score (nSPS) is 17.7. The van der Waals surface area contributed by atoms with Gasteiger partial charge in [-0.3, -0.25) is 10.1 Å². The number of carbonyl (C=O) groups excluding carboxylic acids is 1. The Bertz CT molecular complexity index is 1350. The van der Waals surface area contributed by atoms with Gasteiger partial charge in [-0.15, -0.1) is 0 Å². The van der Waals surface area contributed by atoms with Gasteiger partial charge in [0.05, 0.1) is 24.8 Å². The first kappa shape index (κ1) is 34.3. The number of rotatable bonds is 8. The van der Waals surface area contributed by atoms with E-state index in [1.165, 1.54) is 43.1 Å². The van der Waals surface area contributed by atoms with Crippen molar-refractivity contribution in [3.63, 3.8) is 0 Å². The van der Waals surface area contributed by atoms with Crippen molar-refractivity contribution in [2.45, 2.75) is 64.7 Å². The van der Waals surface area contributed by atoms with Crippen LogP contribution in [0.5, 0.6) is 5.75 Å². The molecule has 44 heavy (non-hydrogen) atoms. The zero-order valence-corrected chi connectivity index (χ0v) is 25.8. The standard InChI is InChI=1S/C29H33F4N5O3.C3H8/c1-5-6-24(18-8-10-19(11-9-18)37-29(31,32)33)41-28(34-3)36-20-15-38(16-20)23-14-13-21(25(30)26(23)40-4)22-12-7-17(2)35-27(22)39;1-3-2/h6,8-11,13-14,20,22,37H,2,5,7,12,15-16H2,1,3-4H3,(H,34,36)(H,35,39);3H2,1-2H3/b24-6+;. The second-order valence-corrected chi connectivity index (χ2v) is 10.5. The molecule has 1 unspecified atom stereocenters. The molecule has 4 rings (SSSR count). The number of allylic oxidation sites excluding steroid dienone is 2. The number of nitrogens with zero attached hydrogens (tertiary/aromatic N) is 2. The van der Waals surface area contributed by atoms with Crippen molar-refractivity contribution in [1.29, 1.82) is 0 Å². The van der Waals surface area contributed by atoms with Crippen LogP contribution in [-0.2, 0) is 9.53 Å². The van der Waals surface area contributed by atoms with Crippen molar-refractivity contribution in [3.8, 4) is 5.75 Å². The number of ether oxygens (including phenoxy) is 2. The van der Waals surface area contributed by atoms with Crippen molar-refractivity contribution in [1.82, 2.24) is 10.6 Å². The van der Waals surface area contributed by atoms with Crippen molar-refractivity contribution < 1.29 is 31.8 Å². The number of hydrogen-bond acceptors (Lipinski definition) is 6. The molecule has 0 aliphatic carbocycles. The van der Waals surface area contributed by atoms with Crippen LogP contribution in [0.1, 0.15) is 63.5 Å². The quantitative estimate of drug-likeness (QED) is 0.0978. The van der Waals surface area contributed by atoms with Crippen LogP contribution in [0, 0.1) is 5.82 Å². The highest BCUT2D eigenvalue weighted by molar-refractivity contribution is 5.86. The van der Waals surface area contributed by atoms with Crippen LogP contribution < -0.4 is 25.6 Å². The summed E-state index contributed by atoms with van der Waals surface area (Å²) >= 11 is 0. The highest BCUT2D eigenvalue weighted by atomic mass is 19.4. The summed E-state index contributed by atoms with van der Waals surface area (Å²) in [5.74, 6) is -0.920. The summed E-state index contributed by atoms with van der Waals surface area (Å²) in [6, 6.07) is 9.27. The Hall–Kier alpha value is -4.22. The lowest BCUT2D eigenvalue weighted by atomic mass is 9.89. The highest BCUT2D eigenvalue weighted by Gasteiger charge is 2.34. The van der Waals surface area contributed by atoms with E-state index in [0.717, 1.165) is 0 Å². The van der Waals surface area contributed by atoms with E-state index in [-0.39, 0.29) is 35.0 Å². The average molecular weight is 620 g/mol. The van der Waals surface area contributed by atoms with Gasteiger partial charge in [-0.1, -0.05) is 39.8 Å². The third-order valence-corrected chi connectivity index (χ3v) is 6.84. The van der Waals surface area contributed by atoms with E-state index in [1.807, 2.05) is 17.9 Å². The minimum atomic E-state index is -4.53. The lowest BCUT2D eigenvalue weighted by molar-refractivity contribution is -0.123. The second kappa shape index (κ2) is 15.5. The van der Waals surface area contributed by atoms with Gasteiger partial charge >= 0.3 is 6.30 Å². The van der Waals surface area contributed by atoms with Crippen LogP contribution in [0.15, 0.2) is 59.7 Å². The van der Waals surface area contributed by atoms with Crippen molar-refractivity contribution in [3.05, 3.63) is 71.7 Å². The van der Waals surface area contributed by atoms with Crippen LogP contribution in [0.25, 0.3) is 5.76 Å². The van der Waals surface area contributed by atoms with E-state index in [2.05, 4.69) is 36.1 Å². The first-order valence-corrected chi connectivity index (χ1v) is 14.6. The number of alkyl halides is 3. The Labute approximate surface area is 256 Å². The Morgan fingerprint density at radius 2 is 1.82 bits per heavy atom. The SMILES string of the molecule is C=C1CCC(c2ccc(N3CC(NC(=NC)O/C(=C/CC)c4ccc(NC(F)(F)F)cc4)C3)c(OC)c2F)C(=O)N1.CCC. The number of amidine groups is 1. The van der Waals surface area contributed by atoms with Gasteiger partial charge in [0.1, 0.15) is 5.76 Å². The minimum absolute atomic E-state index is 0.0717. The van der Waals surface area contributed by atoms with Crippen LogP contribution in [0.4, 0.5) is 28.9 Å². The molecular weight excluding hydrogens is 578 g/mol. The first-order chi connectivity index (χ1) is 20.9. The molecule has 0 radical (unpaired) electrons. The Balaban J connectivity index is 0.00000169. The lowest BCUT2D eigenvalue weighted by Gasteiger charge is -2.42. The fourth-order valence-corrected chi connectivity index (χ4v) is 4.81. The summed E-state index contributed by atoms with van der Waals surface area (Å²) in [6.45, 7) is 10.9. The summed E-state index contributed by atoms with van der Waals surface area (Å²) in [4.78, 5) is 18.5. The monoisotopic (exact) mass is 619 g/mol. The third kappa shape index (κ3) is 8.90. The molecule has 2 aromatic rings. The fourth-order valence-electron chi connectivity index (χ4n) is 4.81. The second-order valence-electron chi connectivity index (χ2n) is 10.5. The minimum Gasteiger partial charge on any atom is -0.492 e. The number of methoxy groups -OCH3 is 1. The van der Waals surface area contributed by atoms with E-state index < -0.39 is 18.0 Å². The molecule has 1 amide bonds. The molecule has 8 nitrogen and oxygen atoms in total. The summed E-state index contributed by atoms with van der Waals surface area (Å²) in [5, 5.41) is 7.38. The zero-order chi connectivity index (χ0) is 32.4. The molecule has 2 aliphatic heterocycles. The smallest absolute Gasteiger partial charge is 0.482 e. The van der Waals surface area contributed by atoms with Gasteiger partial charge in [-0.25, -0.2) is 9.38 Å². The van der Waals surface area contributed by atoms with Gasteiger partial charge in [0.15, 0.2) is 11.6 Å². The van der Waals surface area contributed by atoms with Crippen LogP contribution in [0.2, 0.25) is 0 Å². The molecule has 1 atom stereocenters.